The maximum atomic E-state index is 16.1. The number of carbonyl (C=O) groups is 4. The van der Waals surface area contributed by atoms with Gasteiger partial charge in [0.2, 0.25) is 0 Å². The van der Waals surface area contributed by atoms with Gasteiger partial charge in [0.25, 0.3) is 11.8 Å². The summed E-state index contributed by atoms with van der Waals surface area (Å²) in [6, 6.07) is 19.8. The molecule has 2 unspecified atom stereocenters. The summed E-state index contributed by atoms with van der Waals surface area (Å²) in [5.41, 5.74) is 7.02. The summed E-state index contributed by atoms with van der Waals surface area (Å²) in [6.07, 6.45) is 39.0. The molecule has 4 aromatic rings. The summed E-state index contributed by atoms with van der Waals surface area (Å²) in [6.45, 7) is 10.2. The molecule has 0 saturated heterocycles. The summed E-state index contributed by atoms with van der Waals surface area (Å²) in [5, 5.41) is 0. The first-order valence-corrected chi connectivity index (χ1v) is 32.6. The van der Waals surface area contributed by atoms with Crippen LogP contribution in [-0.4, -0.2) is 46.3 Å². The fourth-order valence-electron chi connectivity index (χ4n) is 12.8. The number of benzene rings is 2. The molecule has 2 aliphatic heterocycles. The predicted molar refractivity (Wildman–Crippen MR) is 321 cm³/mol. The number of amides is 2. The van der Waals surface area contributed by atoms with Crippen LogP contribution in [0, 0.1) is 11.8 Å². The largest absolute Gasteiger partial charge is 0.306 e. The van der Waals surface area contributed by atoms with Crippen molar-refractivity contribution in [2.24, 2.45) is 11.8 Å². The van der Waals surface area contributed by atoms with Crippen LogP contribution >= 0.6 is 22.7 Å². The molecule has 2 aromatic carbocycles. The molecule has 8 heteroatoms. The van der Waals surface area contributed by atoms with Gasteiger partial charge in [0.15, 0.2) is 11.6 Å². The van der Waals surface area contributed by atoms with Crippen molar-refractivity contribution in [3.05, 3.63) is 104 Å². The maximum Gasteiger partial charge on any atom is 0.261 e. The minimum atomic E-state index is -0.101. The molecule has 0 spiro atoms. The zero-order valence-electron chi connectivity index (χ0n) is 47.3. The molecule has 0 saturated carbocycles. The Kier molecular flexibility index (Phi) is 22.5. The van der Waals surface area contributed by atoms with E-state index < -0.39 is 0 Å². The number of fused-ring (bicyclic) bond motifs is 7. The third kappa shape index (κ3) is 13.9. The van der Waals surface area contributed by atoms with Gasteiger partial charge in [-0.3, -0.25) is 19.2 Å². The number of ketones is 2. The normalized spacial score (nSPS) is 15.4. The zero-order chi connectivity index (χ0) is 53.2. The minimum Gasteiger partial charge on any atom is -0.306 e. The Hall–Kier alpha value is -4.40. The number of carbonyl (C=O) groups excluding carboxylic acids is 4. The minimum absolute atomic E-state index is 0.0117. The standard InChI is InChI=1S/C68H92N2O4S2/c1-5-9-13-17-21-23-27-31-39-49(37-29-25-19-15-11-7-3)47-69-61(57-45-55-63(71)51-41-33-35-43-53(51)65(55)75-57)59-60(67(69)73)62(58-46-56-64(72)52-42-34-36-44-54(52)66(56)76-58)70(68(59)74)48-50(38-30-26-20-16-12-8-4)40-32-28-24-22-18-14-10-6-2/h33-36,41-46,49-50H,5-32,37-40,47-48H2,1-4H3. The summed E-state index contributed by atoms with van der Waals surface area (Å²) in [7, 11) is 0. The Morgan fingerprint density at radius 1 is 0.355 bits per heavy atom. The van der Waals surface area contributed by atoms with Crippen LogP contribution in [0.4, 0.5) is 0 Å². The molecule has 2 amide bonds. The van der Waals surface area contributed by atoms with Crippen LogP contribution in [0.3, 0.4) is 0 Å². The second-order valence-corrected chi connectivity index (χ2v) is 25.2. The third-order valence-electron chi connectivity index (χ3n) is 17.2. The number of unbranched alkanes of at least 4 members (excludes halogenated alkanes) is 24. The molecule has 2 aliphatic carbocycles. The van der Waals surface area contributed by atoms with Gasteiger partial charge in [0.1, 0.15) is 0 Å². The van der Waals surface area contributed by atoms with E-state index in [2.05, 4.69) is 27.7 Å². The quantitative estimate of drug-likeness (QED) is 0.0362. The van der Waals surface area contributed by atoms with Gasteiger partial charge in [0.05, 0.1) is 32.3 Å². The van der Waals surface area contributed by atoms with Crippen molar-refractivity contribution in [1.82, 2.24) is 9.80 Å². The van der Waals surface area contributed by atoms with Crippen molar-refractivity contribution < 1.29 is 19.2 Å². The van der Waals surface area contributed by atoms with Crippen LogP contribution < -0.4 is 0 Å². The zero-order valence-corrected chi connectivity index (χ0v) is 48.9. The van der Waals surface area contributed by atoms with Gasteiger partial charge < -0.3 is 9.80 Å². The molecule has 76 heavy (non-hydrogen) atoms. The molecule has 0 N–H and O–H groups in total. The van der Waals surface area contributed by atoms with Crippen LogP contribution in [0.25, 0.3) is 32.3 Å². The molecule has 4 aliphatic rings. The maximum absolute atomic E-state index is 16.1. The van der Waals surface area contributed by atoms with Crippen molar-refractivity contribution in [3.8, 4) is 20.9 Å². The van der Waals surface area contributed by atoms with Gasteiger partial charge in [-0.1, -0.05) is 256 Å². The SMILES string of the molecule is CCCCCCCCCCC(CCCCCCCC)CN1C(=O)C2=C(c3cc4c(s3)-c3ccccc3C4=O)N(CC(CCCCCCCC)CCCCCCCCCC)C(=O)C2=C1c1cc2c(s1)-c1ccccc1C2=O. The lowest BCUT2D eigenvalue weighted by molar-refractivity contribution is -0.124. The third-order valence-corrected chi connectivity index (χ3v) is 19.5. The topological polar surface area (TPSA) is 74.8 Å². The summed E-state index contributed by atoms with van der Waals surface area (Å²) in [4.78, 5) is 67.9. The smallest absolute Gasteiger partial charge is 0.261 e. The second kappa shape index (κ2) is 29.5. The highest BCUT2D eigenvalue weighted by molar-refractivity contribution is 7.18. The van der Waals surface area contributed by atoms with E-state index >= 15 is 9.59 Å². The van der Waals surface area contributed by atoms with E-state index in [0.29, 0.717) is 46.8 Å². The summed E-state index contributed by atoms with van der Waals surface area (Å²) >= 11 is 3.14. The monoisotopic (exact) mass is 1060 g/mol. The van der Waals surface area contributed by atoms with Crippen LogP contribution in [0.5, 0.6) is 0 Å². The Balaban J connectivity index is 1.18. The molecule has 4 heterocycles. The fraction of sp³-hybridized carbons (Fsp3) is 0.588. The summed E-state index contributed by atoms with van der Waals surface area (Å²) < 4.78 is 0. The number of thiophene rings is 2. The first kappa shape index (κ1) is 57.8. The van der Waals surface area contributed by atoms with Crippen LogP contribution in [0.15, 0.2) is 71.8 Å². The average molecular weight is 1070 g/mol. The molecular weight excluding hydrogens is 973 g/mol. The molecule has 2 atom stereocenters. The van der Waals surface area contributed by atoms with Gasteiger partial charge in [-0.25, -0.2) is 0 Å². The fourth-order valence-corrected chi connectivity index (χ4v) is 15.3. The Labute approximate surface area is 466 Å². The van der Waals surface area contributed by atoms with Gasteiger partial charge in [-0.15, -0.1) is 22.7 Å². The van der Waals surface area contributed by atoms with E-state index in [1.54, 1.807) is 22.7 Å². The lowest BCUT2D eigenvalue weighted by Gasteiger charge is -2.29. The van der Waals surface area contributed by atoms with Crippen LogP contribution in [0.2, 0.25) is 0 Å². The first-order valence-electron chi connectivity index (χ1n) is 31.0. The van der Waals surface area contributed by atoms with Gasteiger partial charge >= 0.3 is 0 Å². The lowest BCUT2D eigenvalue weighted by atomic mass is 9.93. The number of hydrogen-bond acceptors (Lipinski definition) is 6. The van der Waals surface area contributed by atoms with Crippen molar-refractivity contribution >= 4 is 57.4 Å². The van der Waals surface area contributed by atoms with Gasteiger partial charge in [-0.05, 0) is 49.7 Å². The highest BCUT2D eigenvalue weighted by Gasteiger charge is 2.51. The van der Waals surface area contributed by atoms with E-state index in [1.807, 2.05) is 70.5 Å². The molecular formula is C68H92N2O4S2. The molecule has 0 radical (unpaired) electrons. The molecule has 410 valence electrons. The van der Waals surface area contributed by atoms with E-state index in [4.69, 9.17) is 0 Å². The van der Waals surface area contributed by atoms with E-state index in [1.165, 1.54) is 154 Å². The molecule has 8 rings (SSSR count). The van der Waals surface area contributed by atoms with E-state index in [-0.39, 0.29) is 35.2 Å². The Morgan fingerprint density at radius 2 is 0.632 bits per heavy atom. The van der Waals surface area contributed by atoms with Gasteiger partial charge in [0, 0.05) is 56.2 Å². The molecule has 6 nitrogen and oxygen atoms in total. The Morgan fingerprint density at radius 3 is 0.934 bits per heavy atom. The Bertz CT molecular complexity index is 2470. The number of hydrogen-bond donors (Lipinski definition) is 0. The van der Waals surface area contributed by atoms with Gasteiger partial charge in [-0.2, -0.15) is 0 Å². The van der Waals surface area contributed by atoms with Crippen LogP contribution in [-0.2, 0) is 9.59 Å². The second-order valence-electron chi connectivity index (χ2n) is 23.1. The summed E-state index contributed by atoms with van der Waals surface area (Å²) in [5.74, 6) is 0.381. The highest BCUT2D eigenvalue weighted by Crippen LogP contribution is 2.54. The van der Waals surface area contributed by atoms with Crippen molar-refractivity contribution in [2.75, 3.05) is 13.1 Å². The molecule has 0 bridgehead atoms. The first-order chi connectivity index (χ1) is 37.3. The number of rotatable bonds is 38. The average Bonchev–Trinajstić information content (AvgIpc) is 4.36. The lowest BCUT2D eigenvalue weighted by Crippen LogP contribution is -2.34. The van der Waals surface area contributed by atoms with Crippen molar-refractivity contribution in [3.63, 3.8) is 0 Å². The van der Waals surface area contributed by atoms with Crippen molar-refractivity contribution in [1.29, 1.82) is 0 Å². The molecule has 0 fully saturated rings. The van der Waals surface area contributed by atoms with Crippen molar-refractivity contribution in [2.45, 2.75) is 233 Å². The molecule has 2 aromatic heterocycles. The highest BCUT2D eigenvalue weighted by atomic mass is 32.1. The number of nitrogens with zero attached hydrogens (tertiary/aromatic N) is 2. The van der Waals surface area contributed by atoms with Crippen LogP contribution in [0.1, 0.15) is 275 Å². The predicted octanol–water partition coefficient (Wildman–Crippen LogP) is 19.8. The van der Waals surface area contributed by atoms with E-state index in [0.717, 1.165) is 93.1 Å². The van der Waals surface area contributed by atoms with E-state index in [9.17, 15) is 9.59 Å².